The fourth-order valence-corrected chi connectivity index (χ4v) is 6.79. The molecular formula is C18H23N8O13P3. The van der Waals surface area contributed by atoms with Crippen LogP contribution in [0, 0.1) is 0 Å². The van der Waals surface area contributed by atoms with Gasteiger partial charge in [0, 0.05) is 11.3 Å². The van der Waals surface area contributed by atoms with Crippen molar-refractivity contribution in [2.24, 2.45) is 5.11 Å². The number of phosphoric ester groups is 1. The molecule has 0 spiro atoms. The van der Waals surface area contributed by atoms with E-state index in [9.17, 15) is 23.5 Å². The third-order valence-corrected chi connectivity index (χ3v) is 9.24. The number of phosphoric acid groups is 3. The molecule has 0 radical (unpaired) electrons. The number of azide groups is 1. The van der Waals surface area contributed by atoms with Gasteiger partial charge in [0.05, 0.1) is 25.6 Å². The van der Waals surface area contributed by atoms with Crippen LogP contribution in [-0.2, 0) is 42.9 Å². The molecule has 1 aromatic carbocycles. The van der Waals surface area contributed by atoms with Gasteiger partial charge < -0.3 is 39.5 Å². The largest absolute Gasteiger partial charge is 0.490 e. The number of nitrogens with zero attached hydrogens (tertiary/aromatic N) is 7. The highest BCUT2D eigenvalue weighted by atomic mass is 31.3. The summed E-state index contributed by atoms with van der Waals surface area (Å²) in [5.74, 6) is 0.568. The highest BCUT2D eigenvalue weighted by molar-refractivity contribution is 7.66. The zero-order valence-corrected chi connectivity index (χ0v) is 23.7. The van der Waals surface area contributed by atoms with Crippen molar-refractivity contribution in [3.8, 4) is 5.75 Å². The molecule has 3 unspecified atom stereocenters. The standard InChI is InChI=1S/C18H23N8O13P3/c19-17-16-18(22-8-21-17)26(9-23-16)15-5-13(34-6-11-1-3-12(4-2-11)35-10-24-25-20)14(37-15)7-36-41(30,31)39-42(32,33)38-40(27,28)29/h1-4,8-9,13-15H,5-7,10H2,(H,30,31)(H,32,33)(H2,19,21,22)(H2,27,28,29)/t13?,14-,15-/m1/s1. The van der Waals surface area contributed by atoms with Crippen LogP contribution in [0.3, 0.4) is 0 Å². The fourth-order valence-electron chi connectivity index (χ4n) is 3.76. The third-order valence-electron chi connectivity index (χ3n) is 5.44. The maximum atomic E-state index is 12.3. The van der Waals surface area contributed by atoms with Crippen LogP contribution in [0.25, 0.3) is 21.6 Å². The second-order valence-electron chi connectivity index (χ2n) is 8.33. The van der Waals surface area contributed by atoms with Crippen molar-refractivity contribution in [1.82, 2.24) is 19.5 Å². The van der Waals surface area contributed by atoms with Gasteiger partial charge >= 0.3 is 23.5 Å². The number of hydrogen-bond donors (Lipinski definition) is 5. The van der Waals surface area contributed by atoms with Crippen LogP contribution in [0.2, 0.25) is 0 Å². The average Bonchev–Trinajstić information content (AvgIpc) is 3.50. The zero-order chi connectivity index (χ0) is 30.5. The number of imidazole rings is 1. The maximum Gasteiger partial charge on any atom is 0.490 e. The summed E-state index contributed by atoms with van der Waals surface area (Å²) < 4.78 is 65.8. The Morgan fingerprint density at radius 2 is 1.83 bits per heavy atom. The summed E-state index contributed by atoms with van der Waals surface area (Å²) >= 11 is 0. The minimum absolute atomic E-state index is 0.0307. The third kappa shape index (κ3) is 8.76. The van der Waals surface area contributed by atoms with E-state index in [1.54, 1.807) is 24.3 Å². The van der Waals surface area contributed by atoms with Gasteiger partial charge in [-0.05, 0) is 23.2 Å². The lowest BCUT2D eigenvalue weighted by Crippen LogP contribution is -2.29. The molecule has 4 rings (SSSR count). The zero-order valence-electron chi connectivity index (χ0n) is 21.0. The number of ether oxygens (including phenoxy) is 3. The fraction of sp³-hybridized carbons (Fsp3) is 0.389. The van der Waals surface area contributed by atoms with Crippen molar-refractivity contribution in [1.29, 1.82) is 0 Å². The van der Waals surface area contributed by atoms with Crippen LogP contribution in [0.5, 0.6) is 5.75 Å². The van der Waals surface area contributed by atoms with Crippen molar-refractivity contribution in [3.05, 3.63) is 52.9 Å². The van der Waals surface area contributed by atoms with E-state index < -0.39 is 48.5 Å². The Labute approximate surface area is 235 Å². The molecule has 1 saturated heterocycles. The Kier molecular flexibility index (Phi) is 9.97. The Balaban J connectivity index is 1.47. The van der Waals surface area contributed by atoms with E-state index in [1.165, 1.54) is 17.2 Å². The number of benzene rings is 1. The molecule has 3 aromatic rings. The van der Waals surface area contributed by atoms with Gasteiger partial charge in [-0.15, -0.1) is 0 Å². The molecular weight excluding hydrogens is 629 g/mol. The smallest absolute Gasteiger partial charge is 0.488 e. The quantitative estimate of drug-likeness (QED) is 0.0721. The summed E-state index contributed by atoms with van der Waals surface area (Å²) in [6, 6.07) is 6.61. The van der Waals surface area contributed by atoms with E-state index in [-0.39, 0.29) is 25.6 Å². The van der Waals surface area contributed by atoms with Crippen molar-refractivity contribution in [3.63, 3.8) is 0 Å². The summed E-state index contributed by atoms with van der Waals surface area (Å²) in [7, 11) is -16.7. The number of aromatic nitrogens is 4. The van der Waals surface area contributed by atoms with Gasteiger partial charge in [0.1, 0.15) is 29.9 Å². The maximum absolute atomic E-state index is 12.3. The predicted molar refractivity (Wildman–Crippen MR) is 138 cm³/mol. The minimum Gasteiger partial charge on any atom is -0.488 e. The number of nitrogens with two attached hydrogens (primary N) is 1. The van der Waals surface area contributed by atoms with Crippen LogP contribution in [0.4, 0.5) is 5.82 Å². The normalized spacial score (nSPS) is 21.9. The molecule has 21 nitrogen and oxygen atoms in total. The first-order valence-corrected chi connectivity index (χ1v) is 16.0. The molecule has 1 aliphatic rings. The number of rotatable bonds is 14. The molecule has 6 N–H and O–H groups in total. The number of fused-ring (bicyclic) bond motifs is 1. The molecule has 42 heavy (non-hydrogen) atoms. The van der Waals surface area contributed by atoms with Crippen molar-refractivity contribution in [2.75, 3.05) is 19.1 Å². The molecule has 0 aliphatic carbocycles. The van der Waals surface area contributed by atoms with Gasteiger partial charge in [-0.2, -0.15) is 8.62 Å². The topological polar surface area (TPSA) is 306 Å². The second-order valence-corrected chi connectivity index (χ2v) is 12.8. The van der Waals surface area contributed by atoms with Crippen LogP contribution in [0.1, 0.15) is 18.2 Å². The summed E-state index contributed by atoms with van der Waals surface area (Å²) in [4.78, 5) is 51.5. The van der Waals surface area contributed by atoms with E-state index in [0.29, 0.717) is 22.5 Å². The summed E-state index contributed by atoms with van der Waals surface area (Å²) in [6.45, 7) is -0.895. The van der Waals surface area contributed by atoms with Crippen LogP contribution in [-0.4, -0.2) is 64.6 Å². The van der Waals surface area contributed by atoms with Gasteiger partial charge in [-0.25, -0.2) is 28.6 Å². The van der Waals surface area contributed by atoms with Gasteiger partial charge in [0.25, 0.3) is 0 Å². The lowest BCUT2D eigenvalue weighted by Gasteiger charge is -2.21. The molecule has 3 heterocycles. The van der Waals surface area contributed by atoms with Crippen molar-refractivity contribution in [2.45, 2.75) is 31.5 Å². The average molecular weight is 652 g/mol. The van der Waals surface area contributed by atoms with Crippen LogP contribution >= 0.6 is 23.5 Å². The first-order chi connectivity index (χ1) is 19.8. The number of anilines is 1. The minimum atomic E-state index is -5.71. The SMILES string of the molecule is [N-]=[N+]=NCOc1ccc(COC2C[C@H](n3cnc4c(N)ncnc43)O[C@@H]2COP(=O)(O)OP(=O)(O)OP(=O)(O)O)cc1. The first-order valence-electron chi connectivity index (χ1n) is 11.5. The molecule has 0 bridgehead atoms. The monoisotopic (exact) mass is 652 g/mol. The number of hydrogen-bond acceptors (Lipinski definition) is 14. The van der Waals surface area contributed by atoms with Gasteiger partial charge in [0.15, 0.2) is 18.2 Å². The number of nitrogen functional groups attached to an aromatic ring is 1. The van der Waals surface area contributed by atoms with E-state index in [2.05, 4.69) is 33.6 Å². The molecule has 0 saturated carbocycles. The molecule has 5 atom stereocenters. The molecule has 228 valence electrons. The van der Waals surface area contributed by atoms with E-state index in [1.807, 2.05) is 0 Å². The van der Waals surface area contributed by atoms with Crippen LogP contribution < -0.4 is 10.5 Å². The Morgan fingerprint density at radius 3 is 2.52 bits per heavy atom. The van der Waals surface area contributed by atoms with E-state index in [4.69, 9.17) is 39.8 Å². The van der Waals surface area contributed by atoms with Crippen LogP contribution in [0.15, 0.2) is 42.0 Å². The summed E-state index contributed by atoms with van der Waals surface area (Å²) in [5, 5.41) is 3.28. The van der Waals surface area contributed by atoms with Crippen molar-refractivity contribution >= 4 is 40.4 Å². The van der Waals surface area contributed by atoms with Crippen molar-refractivity contribution < 1.29 is 60.6 Å². The Bertz CT molecular complexity index is 1590. The lowest BCUT2D eigenvalue weighted by molar-refractivity contribution is -0.0630. The van der Waals surface area contributed by atoms with Gasteiger partial charge in [-0.1, -0.05) is 17.2 Å². The highest BCUT2D eigenvalue weighted by Gasteiger charge is 2.43. The van der Waals surface area contributed by atoms with Gasteiger partial charge in [0.2, 0.25) is 0 Å². The molecule has 2 aromatic heterocycles. The molecule has 24 heteroatoms. The lowest BCUT2D eigenvalue weighted by atomic mass is 10.1. The summed E-state index contributed by atoms with van der Waals surface area (Å²) in [6.07, 6.45) is 0.0961. The van der Waals surface area contributed by atoms with Gasteiger partial charge in [-0.3, -0.25) is 9.09 Å². The highest BCUT2D eigenvalue weighted by Crippen LogP contribution is 2.66. The summed E-state index contributed by atoms with van der Waals surface area (Å²) in [5.41, 5.74) is 15.5. The Hall–Kier alpha value is -2.99. The first kappa shape index (κ1) is 31.9. The molecule has 1 aliphatic heterocycles. The Morgan fingerprint density at radius 1 is 1.10 bits per heavy atom. The van der Waals surface area contributed by atoms with E-state index in [0.717, 1.165) is 0 Å². The molecule has 0 amide bonds. The van der Waals surface area contributed by atoms with E-state index >= 15 is 0 Å². The predicted octanol–water partition coefficient (Wildman–Crippen LogP) is 2.27. The molecule has 1 fully saturated rings. The second kappa shape index (κ2) is 13.1.